The Kier molecular flexibility index (Phi) is 21.3. The molecule has 0 radical (unpaired) electrons. The number of aromatic hydroxyl groups is 1. The van der Waals surface area contributed by atoms with E-state index in [0.717, 1.165) is 0 Å². The van der Waals surface area contributed by atoms with E-state index in [4.69, 9.17) is 42.0 Å². The number of furan rings is 2. The highest BCUT2D eigenvalue weighted by atomic mass is 16.7. The number of alkyl carbamates (subject to hydrolysis) is 1. The summed E-state index contributed by atoms with van der Waals surface area (Å²) >= 11 is 0. The van der Waals surface area contributed by atoms with Gasteiger partial charge in [-0.1, -0.05) is 55.0 Å². The number of nitrogens with one attached hydrogen (secondary N) is 1. The zero-order valence-corrected chi connectivity index (χ0v) is 46.8. The van der Waals surface area contributed by atoms with E-state index in [0.29, 0.717) is 71.1 Å². The van der Waals surface area contributed by atoms with Crippen molar-refractivity contribution in [2.75, 3.05) is 13.1 Å². The van der Waals surface area contributed by atoms with Crippen molar-refractivity contribution in [1.29, 1.82) is 0 Å². The molecular weight excluding hydrogens is 1010 g/mol. The van der Waals surface area contributed by atoms with E-state index < -0.39 is 46.8 Å². The summed E-state index contributed by atoms with van der Waals surface area (Å²) in [6, 6.07) is 16.7. The zero-order valence-electron chi connectivity index (χ0n) is 46.8. The molecule has 0 bridgehead atoms. The van der Waals surface area contributed by atoms with Crippen LogP contribution in [0.25, 0.3) is 43.5 Å². The number of carbonyl (C=O) groups is 7. The maximum absolute atomic E-state index is 12.8. The molecule has 0 atom stereocenters. The van der Waals surface area contributed by atoms with Crippen molar-refractivity contribution in [3.63, 3.8) is 0 Å². The van der Waals surface area contributed by atoms with Gasteiger partial charge in [-0.2, -0.15) is 0 Å². The fraction of sp³-hybridized carbons (Fsp3) is 0.448. The number of esters is 2. The molecule has 0 aliphatic heterocycles. The standard InChI is InChI=1S/C30H36O9.C19H18O6.C9H16N2O3/c1-18(31)22-17-21-25(36-23(32)15-9-8-10-16-24(33)38-29(2,3)4)19-13-11-12-14-20(19)26(27(21)35-22)37-28(34)39-30(5,6)7;1-10(20)14-9-13-15(21)11-7-5-6-8-12(11)16(17(13)23-14)24-18(22)25-19(2,3)4;1-9(2,3)14-8(13)11-6-4-5-10-7-12/h11-14,17H,8-10,15-16H2,1-7H3;5-9,21H,1-4H3;4-6H2,1-3H3,(H,11,13). The molecule has 2 aromatic heterocycles. The van der Waals surface area contributed by atoms with E-state index in [9.17, 15) is 43.5 Å². The Labute approximate surface area is 452 Å². The van der Waals surface area contributed by atoms with Crippen LogP contribution in [0.15, 0.2) is 74.5 Å². The molecule has 0 aliphatic rings. The number of hydrogen-bond acceptors (Lipinski definition) is 19. The minimum Gasteiger partial charge on any atom is -0.507 e. The van der Waals surface area contributed by atoms with Crippen LogP contribution in [0.4, 0.5) is 14.4 Å². The SMILES string of the molecule is CC(=O)c1cc2c(O)c3ccccc3c(OC(=O)OC(C)(C)C)c2o1.CC(=O)c1cc2c(OC(=O)CCCCCC(=O)OC(C)(C)C)c3ccccc3c(OC(=O)OC(C)(C)C)c2o1.CC(C)(C)OC(=O)NCCCN=C=O. The summed E-state index contributed by atoms with van der Waals surface area (Å²) in [5, 5.41) is 15.6. The maximum Gasteiger partial charge on any atom is 0.514 e. The van der Waals surface area contributed by atoms with E-state index >= 15 is 0 Å². The summed E-state index contributed by atoms with van der Waals surface area (Å²) in [7, 11) is 0. The van der Waals surface area contributed by atoms with Gasteiger partial charge in [0.2, 0.25) is 6.08 Å². The van der Waals surface area contributed by atoms with Crippen LogP contribution in [0, 0.1) is 0 Å². The number of isocyanates is 1. The predicted molar refractivity (Wildman–Crippen MR) is 289 cm³/mol. The lowest BCUT2D eigenvalue weighted by molar-refractivity contribution is -0.154. The number of fused-ring (bicyclic) bond motifs is 4. The third-order valence-corrected chi connectivity index (χ3v) is 10.1. The van der Waals surface area contributed by atoms with Crippen molar-refractivity contribution in [2.45, 2.75) is 158 Å². The second-order valence-corrected chi connectivity index (χ2v) is 21.8. The highest BCUT2D eigenvalue weighted by Gasteiger charge is 2.28. The van der Waals surface area contributed by atoms with Crippen molar-refractivity contribution in [3.8, 4) is 23.0 Å². The van der Waals surface area contributed by atoms with Crippen LogP contribution in [-0.4, -0.2) is 88.6 Å². The lowest BCUT2D eigenvalue weighted by Gasteiger charge is -2.19. The van der Waals surface area contributed by atoms with E-state index in [1.807, 2.05) is 20.8 Å². The number of benzene rings is 4. The van der Waals surface area contributed by atoms with Crippen LogP contribution in [0.5, 0.6) is 23.0 Å². The lowest BCUT2D eigenvalue weighted by atomic mass is 10.0. The Morgan fingerprint density at radius 1 is 0.526 bits per heavy atom. The van der Waals surface area contributed by atoms with Gasteiger partial charge >= 0.3 is 30.3 Å². The molecule has 0 fully saturated rings. The zero-order chi connectivity index (χ0) is 58.3. The highest BCUT2D eigenvalue weighted by molar-refractivity contribution is 6.13. The third-order valence-electron chi connectivity index (χ3n) is 10.1. The Bertz CT molecular complexity index is 3200. The molecule has 2 N–H and O–H groups in total. The number of phenols is 1. The second-order valence-electron chi connectivity index (χ2n) is 21.8. The summed E-state index contributed by atoms with van der Waals surface area (Å²) in [5.74, 6) is -0.994. The molecular formula is C58H70N2O18. The molecule has 6 rings (SSSR count). The van der Waals surface area contributed by atoms with Gasteiger partial charge in [0.25, 0.3) is 0 Å². The third kappa shape index (κ3) is 19.4. The molecule has 0 spiro atoms. The van der Waals surface area contributed by atoms with Crippen LogP contribution >= 0.6 is 0 Å². The summed E-state index contributed by atoms with van der Waals surface area (Å²) in [6.45, 7) is 24.6. The first-order chi connectivity index (χ1) is 36.3. The van der Waals surface area contributed by atoms with E-state index in [-0.39, 0.29) is 76.1 Å². The molecule has 0 unspecified atom stereocenters. The van der Waals surface area contributed by atoms with E-state index in [1.165, 1.54) is 32.1 Å². The minimum absolute atomic E-state index is 0.0220. The molecule has 6 aromatic rings. The number of phenolic OH excluding ortho intramolecular Hbond substituents is 1. The predicted octanol–water partition coefficient (Wildman–Crippen LogP) is 13.3. The van der Waals surface area contributed by atoms with Gasteiger partial charge in [-0.05, 0) is 114 Å². The van der Waals surface area contributed by atoms with Crippen LogP contribution < -0.4 is 19.5 Å². The number of rotatable bonds is 15. The lowest BCUT2D eigenvalue weighted by Crippen LogP contribution is -2.33. The van der Waals surface area contributed by atoms with Crippen molar-refractivity contribution in [3.05, 3.63) is 72.2 Å². The van der Waals surface area contributed by atoms with Gasteiger partial charge in [0.15, 0.2) is 45.8 Å². The van der Waals surface area contributed by atoms with Gasteiger partial charge < -0.3 is 52.4 Å². The molecule has 420 valence electrons. The first kappa shape index (κ1) is 62.3. The monoisotopic (exact) mass is 1080 g/mol. The van der Waals surface area contributed by atoms with Crippen LogP contribution in [0.2, 0.25) is 0 Å². The summed E-state index contributed by atoms with van der Waals surface area (Å²) in [4.78, 5) is 97.2. The Hall–Kier alpha value is -8.25. The van der Waals surface area contributed by atoms with Crippen LogP contribution in [-0.2, 0) is 33.3 Å². The number of hydrogen-bond donors (Lipinski definition) is 2. The van der Waals surface area contributed by atoms with Gasteiger partial charge in [-0.25, -0.2) is 24.2 Å². The number of unbranched alkanes of at least 4 members (excludes halogenated alkanes) is 2. The largest absolute Gasteiger partial charge is 0.514 e. The van der Waals surface area contributed by atoms with Gasteiger partial charge in [0.1, 0.15) is 33.9 Å². The Balaban J connectivity index is 0.000000286. The van der Waals surface area contributed by atoms with Gasteiger partial charge in [0.05, 0.1) is 17.3 Å². The molecule has 0 aliphatic carbocycles. The summed E-state index contributed by atoms with van der Waals surface area (Å²) in [5.41, 5.74) is -2.32. The maximum atomic E-state index is 12.8. The number of carbonyl (C=O) groups excluding carboxylic acids is 8. The molecule has 0 saturated carbocycles. The van der Waals surface area contributed by atoms with Crippen LogP contribution in [0.3, 0.4) is 0 Å². The van der Waals surface area contributed by atoms with Gasteiger partial charge in [-0.3, -0.25) is 19.2 Å². The number of aliphatic imine (C=N–C) groups is 1. The van der Waals surface area contributed by atoms with Crippen molar-refractivity contribution >= 4 is 91.5 Å². The number of Topliss-reactive ketones (excluding diaryl/α,β-unsaturated/α-hetero) is 2. The van der Waals surface area contributed by atoms with E-state index in [2.05, 4.69) is 10.3 Å². The first-order valence-electron chi connectivity index (χ1n) is 25.2. The minimum atomic E-state index is -0.939. The quantitative estimate of drug-likeness (QED) is 0.0141. The van der Waals surface area contributed by atoms with Crippen molar-refractivity contribution in [2.24, 2.45) is 4.99 Å². The second kappa shape index (κ2) is 26.7. The highest BCUT2D eigenvalue weighted by Crippen LogP contribution is 2.46. The smallest absolute Gasteiger partial charge is 0.507 e. The van der Waals surface area contributed by atoms with Gasteiger partial charge in [-0.15, -0.1) is 0 Å². The molecule has 2 heterocycles. The summed E-state index contributed by atoms with van der Waals surface area (Å²) in [6.07, 6.45) is 1.90. The number of ether oxygens (including phenoxy) is 7. The molecule has 4 aromatic carbocycles. The van der Waals surface area contributed by atoms with Gasteiger partial charge in [0, 0.05) is 54.8 Å². The normalized spacial score (nSPS) is 11.5. The topological polar surface area (TPSA) is 272 Å². The fourth-order valence-corrected chi connectivity index (χ4v) is 7.11. The number of ketones is 2. The van der Waals surface area contributed by atoms with Crippen molar-refractivity contribution in [1.82, 2.24) is 5.32 Å². The average molecular weight is 1080 g/mol. The average Bonchev–Trinajstić information content (AvgIpc) is 3.99. The number of nitrogens with zero attached hydrogens (tertiary/aromatic N) is 1. The fourth-order valence-electron chi connectivity index (χ4n) is 7.11. The van der Waals surface area contributed by atoms with Crippen molar-refractivity contribution < 1.29 is 85.5 Å². The first-order valence-corrected chi connectivity index (χ1v) is 25.2. The van der Waals surface area contributed by atoms with E-state index in [1.54, 1.807) is 111 Å². The molecule has 1 amide bonds. The molecule has 0 saturated heterocycles. The molecule has 20 nitrogen and oxygen atoms in total. The summed E-state index contributed by atoms with van der Waals surface area (Å²) < 4.78 is 48.8. The Morgan fingerprint density at radius 3 is 1.41 bits per heavy atom. The molecule has 78 heavy (non-hydrogen) atoms. The molecule has 20 heteroatoms. The van der Waals surface area contributed by atoms with Crippen LogP contribution in [0.1, 0.15) is 157 Å². The number of amides is 1. The Morgan fingerprint density at radius 2 is 0.949 bits per heavy atom.